The standard InChI is InChI=1S/C18H16Cl2N4O/c1-11(2)17-16(18(25)21-15-6-4-3-5-14(15)20)22-23-24(17)13-9-7-12(19)8-10-13/h3-11H,1-2H3,(H,21,25). The van der Waals surface area contributed by atoms with Crippen LogP contribution in [0.4, 0.5) is 5.69 Å². The lowest BCUT2D eigenvalue weighted by molar-refractivity contribution is 0.102. The van der Waals surface area contributed by atoms with Crippen LogP contribution in [0.1, 0.15) is 35.9 Å². The van der Waals surface area contributed by atoms with Crippen LogP contribution >= 0.6 is 23.2 Å². The summed E-state index contributed by atoms with van der Waals surface area (Å²) >= 11 is 12.0. The predicted octanol–water partition coefficient (Wildman–Crippen LogP) is 4.95. The summed E-state index contributed by atoms with van der Waals surface area (Å²) in [6.07, 6.45) is 0. The Morgan fingerprint density at radius 3 is 2.40 bits per heavy atom. The van der Waals surface area contributed by atoms with Crippen LogP contribution < -0.4 is 5.32 Å². The van der Waals surface area contributed by atoms with E-state index in [1.807, 2.05) is 26.0 Å². The highest BCUT2D eigenvalue weighted by atomic mass is 35.5. The van der Waals surface area contributed by atoms with Gasteiger partial charge in [0.1, 0.15) is 0 Å². The highest BCUT2D eigenvalue weighted by Gasteiger charge is 2.23. The number of nitrogens with zero attached hydrogens (tertiary/aromatic N) is 3. The first-order valence-corrected chi connectivity index (χ1v) is 8.50. The quantitative estimate of drug-likeness (QED) is 0.702. The molecule has 0 bridgehead atoms. The number of hydrogen-bond acceptors (Lipinski definition) is 3. The monoisotopic (exact) mass is 374 g/mol. The van der Waals surface area contributed by atoms with Crippen molar-refractivity contribution in [2.45, 2.75) is 19.8 Å². The van der Waals surface area contributed by atoms with Gasteiger partial charge in [0.25, 0.3) is 5.91 Å². The van der Waals surface area contributed by atoms with E-state index in [4.69, 9.17) is 23.2 Å². The third kappa shape index (κ3) is 3.67. The smallest absolute Gasteiger partial charge is 0.278 e. The maximum atomic E-state index is 12.7. The lowest BCUT2D eigenvalue weighted by atomic mass is 10.1. The first-order chi connectivity index (χ1) is 12.0. The van der Waals surface area contributed by atoms with Gasteiger partial charge in [-0.1, -0.05) is 54.4 Å². The molecule has 0 saturated heterocycles. The van der Waals surface area contributed by atoms with Crippen LogP contribution in [-0.2, 0) is 0 Å². The number of hydrogen-bond donors (Lipinski definition) is 1. The Balaban J connectivity index is 1.98. The normalized spacial score (nSPS) is 10.9. The number of carbonyl (C=O) groups is 1. The van der Waals surface area contributed by atoms with E-state index in [1.54, 1.807) is 41.1 Å². The van der Waals surface area contributed by atoms with Gasteiger partial charge in [-0.25, -0.2) is 4.68 Å². The molecule has 0 radical (unpaired) electrons. The molecule has 3 aromatic rings. The summed E-state index contributed by atoms with van der Waals surface area (Å²) in [5, 5.41) is 12.1. The molecule has 0 spiro atoms. The number of carbonyl (C=O) groups excluding carboxylic acids is 1. The second-order valence-corrected chi connectivity index (χ2v) is 6.64. The minimum Gasteiger partial charge on any atom is -0.319 e. The number of aromatic nitrogens is 3. The maximum Gasteiger partial charge on any atom is 0.278 e. The molecule has 5 nitrogen and oxygen atoms in total. The topological polar surface area (TPSA) is 59.8 Å². The Kier molecular flexibility index (Phi) is 5.06. The zero-order valence-corrected chi connectivity index (χ0v) is 15.2. The van der Waals surface area contributed by atoms with Crippen molar-refractivity contribution in [3.05, 3.63) is 70.0 Å². The molecular weight excluding hydrogens is 359 g/mol. The van der Waals surface area contributed by atoms with Gasteiger partial charge >= 0.3 is 0 Å². The minimum atomic E-state index is -0.350. The van der Waals surface area contributed by atoms with Crippen LogP contribution in [0.2, 0.25) is 10.0 Å². The van der Waals surface area contributed by atoms with Gasteiger partial charge in [0.15, 0.2) is 5.69 Å². The van der Waals surface area contributed by atoms with E-state index in [9.17, 15) is 4.79 Å². The zero-order chi connectivity index (χ0) is 18.0. The number of amides is 1. The third-order valence-electron chi connectivity index (χ3n) is 3.66. The fourth-order valence-electron chi connectivity index (χ4n) is 2.49. The largest absolute Gasteiger partial charge is 0.319 e. The third-order valence-corrected chi connectivity index (χ3v) is 4.24. The van der Waals surface area contributed by atoms with Crippen LogP contribution in [0.25, 0.3) is 5.69 Å². The molecule has 3 rings (SSSR count). The number of anilines is 1. The van der Waals surface area contributed by atoms with E-state index in [-0.39, 0.29) is 17.5 Å². The first-order valence-electron chi connectivity index (χ1n) is 7.75. The van der Waals surface area contributed by atoms with Gasteiger partial charge in [0, 0.05) is 5.02 Å². The molecule has 25 heavy (non-hydrogen) atoms. The van der Waals surface area contributed by atoms with E-state index >= 15 is 0 Å². The van der Waals surface area contributed by atoms with Crippen molar-refractivity contribution in [1.29, 1.82) is 0 Å². The van der Waals surface area contributed by atoms with Crippen molar-refractivity contribution in [3.8, 4) is 5.69 Å². The van der Waals surface area contributed by atoms with E-state index in [2.05, 4.69) is 15.6 Å². The summed E-state index contributed by atoms with van der Waals surface area (Å²) in [5.41, 5.74) is 2.30. The molecule has 0 unspecified atom stereocenters. The average Bonchev–Trinajstić information content (AvgIpc) is 3.03. The summed E-state index contributed by atoms with van der Waals surface area (Å²) in [6, 6.07) is 14.3. The van der Waals surface area contributed by atoms with Gasteiger partial charge in [-0.05, 0) is 42.3 Å². The Morgan fingerprint density at radius 2 is 1.76 bits per heavy atom. The zero-order valence-electron chi connectivity index (χ0n) is 13.7. The lowest BCUT2D eigenvalue weighted by Gasteiger charge is -2.11. The van der Waals surface area contributed by atoms with Gasteiger partial charge in [-0.3, -0.25) is 4.79 Å². The molecule has 0 aliphatic heterocycles. The van der Waals surface area contributed by atoms with Crippen LogP contribution in [0.5, 0.6) is 0 Å². The average molecular weight is 375 g/mol. The summed E-state index contributed by atoms with van der Waals surface area (Å²) in [4.78, 5) is 12.7. The van der Waals surface area contributed by atoms with Crippen LogP contribution in [0.15, 0.2) is 48.5 Å². The number of rotatable bonds is 4. The summed E-state index contributed by atoms with van der Waals surface area (Å²) in [5.74, 6) is -0.310. The molecule has 0 fully saturated rings. The second-order valence-electron chi connectivity index (χ2n) is 5.80. The van der Waals surface area contributed by atoms with Crippen molar-refractivity contribution in [2.75, 3.05) is 5.32 Å². The van der Waals surface area contributed by atoms with Gasteiger partial charge in [0.2, 0.25) is 0 Å². The van der Waals surface area contributed by atoms with E-state index < -0.39 is 0 Å². The minimum absolute atomic E-state index is 0.0395. The number of nitrogens with one attached hydrogen (secondary N) is 1. The second kappa shape index (κ2) is 7.25. The Morgan fingerprint density at radius 1 is 1.08 bits per heavy atom. The molecular formula is C18H16Cl2N4O. The fourth-order valence-corrected chi connectivity index (χ4v) is 2.79. The first kappa shape index (κ1) is 17.5. The van der Waals surface area contributed by atoms with Crippen molar-refractivity contribution >= 4 is 34.8 Å². The Bertz CT molecular complexity index is 904. The summed E-state index contributed by atoms with van der Waals surface area (Å²) in [6.45, 7) is 3.97. The molecule has 2 aromatic carbocycles. The van der Waals surface area contributed by atoms with Crippen LogP contribution in [-0.4, -0.2) is 20.9 Å². The summed E-state index contributed by atoms with van der Waals surface area (Å²) in [7, 11) is 0. The van der Waals surface area contributed by atoms with Crippen molar-refractivity contribution in [3.63, 3.8) is 0 Å². The number of para-hydroxylation sites is 1. The molecule has 0 atom stereocenters. The van der Waals surface area contributed by atoms with Crippen molar-refractivity contribution in [2.24, 2.45) is 0 Å². The van der Waals surface area contributed by atoms with Crippen LogP contribution in [0.3, 0.4) is 0 Å². The van der Waals surface area contributed by atoms with Crippen LogP contribution in [0, 0.1) is 0 Å². The summed E-state index contributed by atoms with van der Waals surface area (Å²) < 4.78 is 1.66. The molecule has 0 aliphatic rings. The lowest BCUT2D eigenvalue weighted by Crippen LogP contribution is -2.16. The molecule has 7 heteroatoms. The molecule has 1 N–H and O–H groups in total. The van der Waals surface area contributed by atoms with E-state index in [0.717, 1.165) is 5.69 Å². The molecule has 0 aliphatic carbocycles. The fraction of sp³-hybridized carbons (Fsp3) is 0.167. The molecule has 1 heterocycles. The molecule has 1 amide bonds. The Labute approximate surface area is 155 Å². The van der Waals surface area contributed by atoms with Gasteiger partial charge < -0.3 is 5.32 Å². The van der Waals surface area contributed by atoms with Gasteiger partial charge in [-0.2, -0.15) is 0 Å². The molecule has 128 valence electrons. The maximum absolute atomic E-state index is 12.7. The molecule has 1 aromatic heterocycles. The predicted molar refractivity (Wildman–Crippen MR) is 99.9 cm³/mol. The highest BCUT2D eigenvalue weighted by Crippen LogP contribution is 2.25. The number of halogens is 2. The SMILES string of the molecule is CC(C)c1c(C(=O)Nc2ccccc2Cl)nnn1-c1ccc(Cl)cc1. The van der Waals surface area contributed by atoms with Crippen molar-refractivity contribution in [1.82, 2.24) is 15.0 Å². The highest BCUT2D eigenvalue weighted by molar-refractivity contribution is 6.33. The number of benzene rings is 2. The Hall–Kier alpha value is -2.37. The molecule has 0 saturated carbocycles. The van der Waals surface area contributed by atoms with E-state index in [0.29, 0.717) is 21.4 Å². The van der Waals surface area contributed by atoms with Gasteiger partial charge in [0.05, 0.1) is 22.1 Å². The van der Waals surface area contributed by atoms with E-state index in [1.165, 1.54) is 0 Å². The van der Waals surface area contributed by atoms with Crippen molar-refractivity contribution < 1.29 is 4.79 Å². The van der Waals surface area contributed by atoms with Gasteiger partial charge in [-0.15, -0.1) is 5.10 Å².